The summed E-state index contributed by atoms with van der Waals surface area (Å²) in [6.45, 7) is 7.87. The molecular formula is C20H23ClF2N6. The number of pyridine rings is 1. The Balaban J connectivity index is 1.68. The molecule has 0 aliphatic carbocycles. The number of aryl methyl sites for hydroxylation is 1. The maximum absolute atomic E-state index is 13.4. The van der Waals surface area contributed by atoms with Crippen molar-refractivity contribution in [2.24, 2.45) is 5.92 Å². The van der Waals surface area contributed by atoms with Crippen LogP contribution in [0.15, 0.2) is 24.5 Å². The van der Waals surface area contributed by atoms with Gasteiger partial charge in [0.15, 0.2) is 0 Å². The summed E-state index contributed by atoms with van der Waals surface area (Å²) in [5.41, 5.74) is 2.46. The van der Waals surface area contributed by atoms with Gasteiger partial charge in [0, 0.05) is 24.2 Å². The average Bonchev–Trinajstić information content (AvgIpc) is 3.15. The molecule has 0 unspecified atom stereocenters. The maximum Gasteiger partial charge on any atom is 0.280 e. The van der Waals surface area contributed by atoms with Gasteiger partial charge in [-0.05, 0) is 56.5 Å². The third-order valence-corrected chi connectivity index (χ3v) is 6.06. The first-order valence-electron chi connectivity index (χ1n) is 9.70. The summed E-state index contributed by atoms with van der Waals surface area (Å²) in [5, 5.41) is 4.71. The van der Waals surface area contributed by atoms with Crippen molar-refractivity contribution in [1.29, 1.82) is 0 Å². The molecule has 29 heavy (non-hydrogen) atoms. The zero-order valence-electron chi connectivity index (χ0n) is 16.6. The van der Waals surface area contributed by atoms with Crippen LogP contribution in [0.1, 0.15) is 61.3 Å². The highest BCUT2D eigenvalue weighted by Gasteiger charge is 2.33. The normalized spacial score (nSPS) is 21.8. The highest BCUT2D eigenvalue weighted by Crippen LogP contribution is 2.37. The number of aromatic nitrogens is 5. The fourth-order valence-electron chi connectivity index (χ4n) is 4.17. The Labute approximate surface area is 172 Å². The van der Waals surface area contributed by atoms with Gasteiger partial charge in [-0.3, -0.25) is 4.90 Å². The number of piperidine rings is 1. The first-order valence-corrected chi connectivity index (χ1v) is 10.1. The lowest BCUT2D eigenvalue weighted by molar-refractivity contribution is 0.123. The molecule has 1 saturated heterocycles. The molecule has 9 heteroatoms. The van der Waals surface area contributed by atoms with Gasteiger partial charge in [0.1, 0.15) is 17.2 Å². The molecule has 1 fully saturated rings. The van der Waals surface area contributed by atoms with E-state index in [-0.39, 0.29) is 23.4 Å². The molecule has 0 amide bonds. The summed E-state index contributed by atoms with van der Waals surface area (Å²) in [6, 6.07) is 5.55. The molecule has 3 aromatic heterocycles. The van der Waals surface area contributed by atoms with Crippen molar-refractivity contribution in [3.8, 4) is 0 Å². The van der Waals surface area contributed by atoms with E-state index in [1.54, 1.807) is 4.52 Å². The third kappa shape index (κ3) is 3.96. The van der Waals surface area contributed by atoms with Crippen molar-refractivity contribution < 1.29 is 8.78 Å². The Morgan fingerprint density at radius 1 is 1.21 bits per heavy atom. The third-order valence-electron chi connectivity index (χ3n) is 5.87. The van der Waals surface area contributed by atoms with Crippen LogP contribution in [-0.2, 0) is 0 Å². The van der Waals surface area contributed by atoms with Gasteiger partial charge in [0.25, 0.3) is 12.2 Å². The Bertz CT molecular complexity index is 1000. The first kappa shape index (κ1) is 20.1. The smallest absolute Gasteiger partial charge is 0.280 e. The predicted molar refractivity (Wildman–Crippen MR) is 106 cm³/mol. The molecule has 4 heterocycles. The summed E-state index contributed by atoms with van der Waals surface area (Å²) in [7, 11) is 0. The fourth-order valence-corrected chi connectivity index (χ4v) is 4.43. The van der Waals surface area contributed by atoms with Crippen LogP contribution < -0.4 is 0 Å². The molecule has 0 radical (unpaired) electrons. The highest BCUT2D eigenvalue weighted by atomic mass is 35.5. The number of fused-ring (bicyclic) bond motifs is 1. The zero-order valence-corrected chi connectivity index (χ0v) is 17.3. The van der Waals surface area contributed by atoms with Crippen molar-refractivity contribution in [2.45, 2.75) is 45.6 Å². The van der Waals surface area contributed by atoms with E-state index in [0.29, 0.717) is 11.1 Å². The van der Waals surface area contributed by atoms with Crippen LogP contribution in [0, 0.1) is 12.8 Å². The Morgan fingerprint density at radius 3 is 2.72 bits per heavy atom. The van der Waals surface area contributed by atoms with E-state index in [1.807, 2.05) is 19.1 Å². The van der Waals surface area contributed by atoms with E-state index in [9.17, 15) is 8.78 Å². The fraction of sp³-hybridized carbons (Fsp3) is 0.500. The number of alkyl halides is 2. The summed E-state index contributed by atoms with van der Waals surface area (Å²) >= 11 is 6.15. The number of nitrogens with zero attached hydrogens (tertiary/aromatic N) is 6. The zero-order chi connectivity index (χ0) is 20.7. The van der Waals surface area contributed by atoms with Crippen LogP contribution in [0.2, 0.25) is 5.15 Å². The van der Waals surface area contributed by atoms with Gasteiger partial charge in [0.05, 0.1) is 5.69 Å². The topological polar surface area (TPSA) is 59.2 Å². The van der Waals surface area contributed by atoms with Crippen LogP contribution in [0.25, 0.3) is 5.78 Å². The van der Waals surface area contributed by atoms with Crippen molar-refractivity contribution >= 4 is 17.4 Å². The monoisotopic (exact) mass is 420 g/mol. The molecule has 1 aliphatic rings. The quantitative estimate of drug-likeness (QED) is 0.577. The molecule has 154 valence electrons. The van der Waals surface area contributed by atoms with Gasteiger partial charge < -0.3 is 0 Å². The van der Waals surface area contributed by atoms with Gasteiger partial charge in [-0.2, -0.15) is 10.1 Å². The lowest BCUT2D eigenvalue weighted by Gasteiger charge is -2.40. The van der Waals surface area contributed by atoms with Crippen molar-refractivity contribution in [3.05, 3.63) is 52.3 Å². The number of hydrogen-bond donors (Lipinski definition) is 0. The molecular weight excluding hydrogens is 398 g/mol. The summed E-state index contributed by atoms with van der Waals surface area (Å²) in [5.74, 6) is 0.572. The molecule has 0 aromatic carbocycles. The van der Waals surface area contributed by atoms with E-state index in [2.05, 4.69) is 38.8 Å². The van der Waals surface area contributed by atoms with Crippen LogP contribution in [0.4, 0.5) is 8.78 Å². The Morgan fingerprint density at radius 2 is 2.00 bits per heavy atom. The van der Waals surface area contributed by atoms with E-state index < -0.39 is 6.43 Å². The molecule has 3 atom stereocenters. The van der Waals surface area contributed by atoms with E-state index in [1.165, 1.54) is 12.4 Å². The van der Waals surface area contributed by atoms with Crippen molar-refractivity contribution in [2.75, 3.05) is 13.1 Å². The molecule has 6 nitrogen and oxygen atoms in total. The van der Waals surface area contributed by atoms with Crippen LogP contribution in [0.3, 0.4) is 0 Å². The Hall–Kier alpha value is -2.19. The van der Waals surface area contributed by atoms with E-state index in [0.717, 1.165) is 36.5 Å². The highest BCUT2D eigenvalue weighted by molar-refractivity contribution is 6.29. The van der Waals surface area contributed by atoms with Crippen LogP contribution in [0.5, 0.6) is 0 Å². The molecule has 3 aromatic rings. The lowest BCUT2D eigenvalue weighted by atomic mass is 9.83. The molecule has 0 N–H and O–H groups in total. The van der Waals surface area contributed by atoms with Gasteiger partial charge in [-0.25, -0.2) is 23.3 Å². The molecule has 0 saturated carbocycles. The summed E-state index contributed by atoms with van der Waals surface area (Å²) in [4.78, 5) is 14.6. The largest absolute Gasteiger partial charge is 0.296 e. The van der Waals surface area contributed by atoms with Gasteiger partial charge in [-0.15, -0.1) is 0 Å². The Kier molecular flexibility index (Phi) is 5.48. The SMILES string of the molecule is Cc1cc([C@H](C)N2CC[C@@H](C)[C@H](c3cc(C(F)F)nc4ncnn34)C2)cc(Cl)n1. The second kappa shape index (κ2) is 7.91. The standard InChI is InChI=1S/C20H23ClF2N6/c1-11-4-5-28(13(3)14-6-12(2)26-18(21)7-14)9-15(11)17-8-16(19(22)23)27-20-24-10-25-29(17)20/h6-8,10-11,13,15,19H,4-5,9H2,1-3H3/t11-,13+,15-/m1/s1. The molecule has 0 spiro atoms. The summed E-state index contributed by atoms with van der Waals surface area (Å²) < 4.78 is 28.4. The minimum absolute atomic E-state index is 0.0364. The van der Waals surface area contributed by atoms with Crippen molar-refractivity contribution in [1.82, 2.24) is 29.5 Å². The number of hydrogen-bond acceptors (Lipinski definition) is 5. The maximum atomic E-state index is 13.4. The van der Waals surface area contributed by atoms with Gasteiger partial charge >= 0.3 is 0 Å². The molecule has 4 rings (SSSR count). The van der Waals surface area contributed by atoms with E-state index >= 15 is 0 Å². The average molecular weight is 421 g/mol. The minimum atomic E-state index is -2.65. The van der Waals surface area contributed by atoms with Crippen LogP contribution in [-0.4, -0.2) is 42.6 Å². The molecule has 1 aliphatic heterocycles. The van der Waals surface area contributed by atoms with Gasteiger partial charge in [-0.1, -0.05) is 18.5 Å². The van der Waals surface area contributed by atoms with Crippen molar-refractivity contribution in [3.63, 3.8) is 0 Å². The van der Waals surface area contributed by atoms with Gasteiger partial charge in [0.2, 0.25) is 0 Å². The minimum Gasteiger partial charge on any atom is -0.296 e. The molecule has 0 bridgehead atoms. The summed E-state index contributed by atoms with van der Waals surface area (Å²) in [6.07, 6.45) is -0.335. The lowest BCUT2D eigenvalue weighted by Crippen LogP contribution is -2.40. The number of rotatable bonds is 4. The first-order chi connectivity index (χ1) is 13.8. The number of likely N-dealkylation sites (tertiary alicyclic amines) is 1. The second-order valence-corrected chi connectivity index (χ2v) is 8.17. The number of halogens is 3. The van der Waals surface area contributed by atoms with Crippen LogP contribution >= 0.6 is 11.6 Å². The predicted octanol–water partition coefficient (Wildman–Crippen LogP) is 4.61. The van der Waals surface area contributed by atoms with E-state index in [4.69, 9.17) is 11.6 Å². The second-order valence-electron chi connectivity index (χ2n) is 7.79.